The number of benzene rings is 1. The summed E-state index contributed by atoms with van der Waals surface area (Å²) in [5, 5.41) is 0. The average molecular weight is 247 g/mol. The maximum atomic E-state index is 12.5. The molecule has 0 radical (unpaired) electrons. The van der Waals surface area contributed by atoms with Crippen molar-refractivity contribution in [1.82, 2.24) is 0 Å². The van der Waals surface area contributed by atoms with Crippen molar-refractivity contribution < 1.29 is 9.53 Å². The topological polar surface area (TPSA) is 52.3 Å². The van der Waals surface area contributed by atoms with Gasteiger partial charge in [0.15, 0.2) is 0 Å². The van der Waals surface area contributed by atoms with Crippen LogP contribution in [-0.4, -0.2) is 19.5 Å². The number of methoxy groups -OCH3 is 1. The molecule has 2 N–H and O–H groups in total. The third-order valence-corrected chi connectivity index (χ3v) is 3.89. The standard InChI is InChI=1S/C15H21NO2/c1-11(7-10-18-2)14(17)15(8-9-15)12-3-5-13(16)6-4-12/h3-6,11H,7-10,16H2,1-2H3. The smallest absolute Gasteiger partial charge is 0.146 e. The Kier molecular flexibility index (Phi) is 3.71. The van der Waals surface area contributed by atoms with E-state index in [9.17, 15) is 4.79 Å². The van der Waals surface area contributed by atoms with Crippen molar-refractivity contribution in [1.29, 1.82) is 0 Å². The first kappa shape index (κ1) is 13.1. The van der Waals surface area contributed by atoms with Crippen LogP contribution in [0.15, 0.2) is 24.3 Å². The zero-order chi connectivity index (χ0) is 13.2. The van der Waals surface area contributed by atoms with Gasteiger partial charge in [-0.15, -0.1) is 0 Å². The second kappa shape index (κ2) is 5.11. The molecule has 1 saturated carbocycles. The van der Waals surface area contributed by atoms with Crippen LogP contribution in [0.25, 0.3) is 0 Å². The predicted octanol–water partition coefficient (Wildman–Crippen LogP) is 2.54. The molecule has 1 fully saturated rings. The number of nitrogens with two attached hydrogens (primary N) is 1. The Labute approximate surface area is 108 Å². The molecule has 1 atom stereocenters. The number of carbonyl (C=O) groups is 1. The van der Waals surface area contributed by atoms with E-state index in [1.807, 2.05) is 31.2 Å². The summed E-state index contributed by atoms with van der Waals surface area (Å²) in [5.74, 6) is 0.411. The predicted molar refractivity (Wildman–Crippen MR) is 72.4 cm³/mol. The molecule has 1 aromatic rings. The Morgan fingerprint density at radius 3 is 2.50 bits per heavy atom. The van der Waals surface area contributed by atoms with Gasteiger partial charge in [0.1, 0.15) is 5.78 Å². The number of rotatable bonds is 6. The quantitative estimate of drug-likeness (QED) is 0.786. The molecule has 0 heterocycles. The fourth-order valence-electron chi connectivity index (χ4n) is 2.50. The van der Waals surface area contributed by atoms with E-state index in [4.69, 9.17) is 10.5 Å². The van der Waals surface area contributed by atoms with Crippen LogP contribution in [0.4, 0.5) is 5.69 Å². The molecule has 3 nitrogen and oxygen atoms in total. The highest BCUT2D eigenvalue weighted by Crippen LogP contribution is 2.50. The van der Waals surface area contributed by atoms with Crippen LogP contribution in [0.2, 0.25) is 0 Å². The first-order valence-electron chi connectivity index (χ1n) is 6.49. The van der Waals surface area contributed by atoms with E-state index in [1.54, 1.807) is 7.11 Å². The van der Waals surface area contributed by atoms with Crippen LogP contribution >= 0.6 is 0 Å². The van der Waals surface area contributed by atoms with E-state index in [-0.39, 0.29) is 11.3 Å². The summed E-state index contributed by atoms with van der Waals surface area (Å²) >= 11 is 0. The lowest BCUT2D eigenvalue weighted by atomic mass is 9.84. The van der Waals surface area contributed by atoms with Gasteiger partial charge in [-0.1, -0.05) is 19.1 Å². The van der Waals surface area contributed by atoms with E-state index in [1.165, 1.54) is 0 Å². The second-order valence-electron chi connectivity index (χ2n) is 5.25. The van der Waals surface area contributed by atoms with Crippen LogP contribution in [0, 0.1) is 5.92 Å². The lowest BCUT2D eigenvalue weighted by Crippen LogP contribution is -2.27. The summed E-state index contributed by atoms with van der Waals surface area (Å²) < 4.78 is 5.05. The molecule has 0 aromatic heterocycles. The normalized spacial score (nSPS) is 18.3. The van der Waals surface area contributed by atoms with Gasteiger partial charge in [0.25, 0.3) is 0 Å². The van der Waals surface area contributed by atoms with Gasteiger partial charge in [0.05, 0.1) is 5.41 Å². The van der Waals surface area contributed by atoms with Crippen molar-refractivity contribution in [2.24, 2.45) is 5.92 Å². The Morgan fingerprint density at radius 1 is 1.39 bits per heavy atom. The number of Topliss-reactive ketones (excluding diaryl/α,β-unsaturated/α-hetero) is 1. The van der Waals surface area contributed by atoms with Crippen molar-refractivity contribution >= 4 is 11.5 Å². The molecular formula is C15H21NO2. The third kappa shape index (κ3) is 2.41. The minimum absolute atomic E-state index is 0.0602. The Hall–Kier alpha value is -1.35. The van der Waals surface area contributed by atoms with E-state index >= 15 is 0 Å². The van der Waals surface area contributed by atoms with Crippen LogP contribution in [0.3, 0.4) is 0 Å². The summed E-state index contributed by atoms with van der Waals surface area (Å²) in [5.41, 5.74) is 7.32. The molecule has 1 unspecified atom stereocenters. The number of hydrogen-bond acceptors (Lipinski definition) is 3. The van der Waals surface area contributed by atoms with Gasteiger partial charge in [-0.2, -0.15) is 0 Å². The van der Waals surface area contributed by atoms with Gasteiger partial charge >= 0.3 is 0 Å². The first-order valence-corrected chi connectivity index (χ1v) is 6.49. The van der Waals surface area contributed by atoms with E-state index in [0.717, 1.165) is 30.5 Å². The molecule has 3 heteroatoms. The van der Waals surface area contributed by atoms with Crippen molar-refractivity contribution in [3.05, 3.63) is 29.8 Å². The molecule has 1 aromatic carbocycles. The number of anilines is 1. The van der Waals surface area contributed by atoms with Gasteiger partial charge in [-0.3, -0.25) is 4.79 Å². The minimum Gasteiger partial charge on any atom is -0.399 e. The number of ketones is 1. The fourth-order valence-corrected chi connectivity index (χ4v) is 2.50. The highest BCUT2D eigenvalue weighted by atomic mass is 16.5. The second-order valence-corrected chi connectivity index (χ2v) is 5.25. The van der Waals surface area contributed by atoms with Gasteiger partial charge < -0.3 is 10.5 Å². The molecule has 0 bridgehead atoms. The largest absolute Gasteiger partial charge is 0.399 e. The fraction of sp³-hybridized carbons (Fsp3) is 0.533. The maximum absolute atomic E-state index is 12.5. The molecule has 2 rings (SSSR count). The molecule has 0 amide bonds. The molecule has 1 aliphatic rings. The van der Waals surface area contributed by atoms with Crippen LogP contribution < -0.4 is 5.73 Å². The van der Waals surface area contributed by atoms with Gasteiger partial charge in [0.2, 0.25) is 0 Å². The van der Waals surface area contributed by atoms with Gasteiger partial charge in [-0.25, -0.2) is 0 Å². The zero-order valence-electron chi connectivity index (χ0n) is 11.1. The van der Waals surface area contributed by atoms with E-state index in [2.05, 4.69) is 0 Å². The van der Waals surface area contributed by atoms with Crippen molar-refractivity contribution in [3.8, 4) is 0 Å². The zero-order valence-corrected chi connectivity index (χ0v) is 11.1. The summed E-state index contributed by atoms with van der Waals surface area (Å²) in [4.78, 5) is 12.5. The molecule has 18 heavy (non-hydrogen) atoms. The molecule has 0 spiro atoms. The Bertz CT molecular complexity index is 421. The van der Waals surface area contributed by atoms with Crippen molar-refractivity contribution in [2.75, 3.05) is 19.5 Å². The van der Waals surface area contributed by atoms with Crippen LogP contribution in [-0.2, 0) is 14.9 Å². The van der Waals surface area contributed by atoms with Crippen LogP contribution in [0.5, 0.6) is 0 Å². The average Bonchev–Trinajstić information content (AvgIpc) is 3.17. The maximum Gasteiger partial charge on any atom is 0.146 e. The minimum atomic E-state index is -0.235. The molecule has 0 saturated heterocycles. The van der Waals surface area contributed by atoms with Crippen molar-refractivity contribution in [2.45, 2.75) is 31.6 Å². The highest BCUT2D eigenvalue weighted by Gasteiger charge is 2.51. The summed E-state index contributed by atoms with van der Waals surface area (Å²) in [6.45, 7) is 2.64. The van der Waals surface area contributed by atoms with Crippen LogP contribution in [0.1, 0.15) is 31.7 Å². The lowest BCUT2D eigenvalue weighted by molar-refractivity contribution is -0.125. The molecular weight excluding hydrogens is 226 g/mol. The number of hydrogen-bond donors (Lipinski definition) is 1. The lowest BCUT2D eigenvalue weighted by Gasteiger charge is -2.19. The SMILES string of the molecule is COCCC(C)C(=O)C1(c2ccc(N)cc2)CC1. The van der Waals surface area contributed by atoms with Gasteiger partial charge in [0, 0.05) is 25.3 Å². The number of carbonyl (C=O) groups excluding carboxylic acids is 1. The molecule has 98 valence electrons. The monoisotopic (exact) mass is 247 g/mol. The molecule has 0 aliphatic heterocycles. The van der Waals surface area contributed by atoms with E-state index < -0.39 is 0 Å². The van der Waals surface area contributed by atoms with Crippen molar-refractivity contribution in [3.63, 3.8) is 0 Å². The third-order valence-electron chi connectivity index (χ3n) is 3.89. The van der Waals surface area contributed by atoms with E-state index in [0.29, 0.717) is 12.4 Å². The number of nitrogen functional groups attached to an aromatic ring is 1. The summed E-state index contributed by atoms with van der Waals surface area (Å²) in [7, 11) is 1.67. The highest BCUT2D eigenvalue weighted by molar-refractivity contribution is 5.94. The summed E-state index contributed by atoms with van der Waals surface area (Å²) in [6, 6.07) is 7.73. The number of ether oxygens (including phenoxy) is 1. The first-order chi connectivity index (χ1) is 8.60. The molecule has 1 aliphatic carbocycles. The Balaban J connectivity index is 2.11. The summed E-state index contributed by atoms with van der Waals surface area (Å²) in [6.07, 6.45) is 2.73. The Morgan fingerprint density at radius 2 is 2.00 bits per heavy atom. The van der Waals surface area contributed by atoms with Gasteiger partial charge in [-0.05, 0) is 37.0 Å².